The second-order valence-corrected chi connectivity index (χ2v) is 4.75. The van der Waals surface area contributed by atoms with Gasteiger partial charge in [-0.05, 0) is 31.3 Å². The van der Waals surface area contributed by atoms with Crippen LogP contribution in [0.25, 0.3) is 11.2 Å². The Labute approximate surface area is 120 Å². The van der Waals surface area contributed by atoms with Crippen molar-refractivity contribution in [3.63, 3.8) is 0 Å². The first-order chi connectivity index (χ1) is 9.69. The molecule has 3 aromatic heterocycles. The SMILES string of the molecule is COc1ncnc2c1[nH]c(=S)n2Cc1cccc(C)n1. The number of nitrogens with zero attached hydrogens (tertiary/aromatic N) is 4. The third-order valence-electron chi connectivity index (χ3n) is 2.98. The van der Waals surface area contributed by atoms with Crippen molar-refractivity contribution in [2.75, 3.05) is 7.11 Å². The van der Waals surface area contributed by atoms with Crippen molar-refractivity contribution in [1.82, 2.24) is 24.5 Å². The molecule has 0 aliphatic carbocycles. The van der Waals surface area contributed by atoms with Gasteiger partial charge in [0, 0.05) is 5.69 Å². The standard InChI is InChI=1S/C13H13N5OS/c1-8-4-3-5-9(16-8)6-18-11-10(17-13(18)20)12(19-2)15-7-14-11/h3-5,7H,6H2,1-2H3,(H,17,20). The molecule has 102 valence electrons. The minimum Gasteiger partial charge on any atom is -0.479 e. The molecule has 20 heavy (non-hydrogen) atoms. The van der Waals surface area contributed by atoms with E-state index >= 15 is 0 Å². The summed E-state index contributed by atoms with van der Waals surface area (Å²) >= 11 is 5.35. The summed E-state index contributed by atoms with van der Waals surface area (Å²) in [6.07, 6.45) is 1.46. The van der Waals surface area contributed by atoms with Gasteiger partial charge >= 0.3 is 0 Å². The Morgan fingerprint density at radius 3 is 2.95 bits per heavy atom. The third kappa shape index (κ3) is 2.16. The third-order valence-corrected chi connectivity index (χ3v) is 3.31. The van der Waals surface area contributed by atoms with Crippen LogP contribution in [0.3, 0.4) is 0 Å². The normalized spacial score (nSPS) is 10.9. The lowest BCUT2D eigenvalue weighted by Gasteiger charge is -2.04. The van der Waals surface area contributed by atoms with Crippen LogP contribution in [0.1, 0.15) is 11.4 Å². The van der Waals surface area contributed by atoms with Gasteiger partial charge in [-0.1, -0.05) is 6.07 Å². The van der Waals surface area contributed by atoms with Crippen LogP contribution in [0.2, 0.25) is 0 Å². The molecule has 0 radical (unpaired) electrons. The molecule has 1 N–H and O–H groups in total. The molecular formula is C13H13N5OS. The highest BCUT2D eigenvalue weighted by atomic mass is 32.1. The first-order valence-corrected chi connectivity index (χ1v) is 6.50. The summed E-state index contributed by atoms with van der Waals surface area (Å²) in [4.78, 5) is 15.9. The van der Waals surface area contributed by atoms with Gasteiger partial charge in [0.05, 0.1) is 19.3 Å². The van der Waals surface area contributed by atoms with E-state index < -0.39 is 0 Å². The number of hydrogen-bond acceptors (Lipinski definition) is 5. The molecule has 0 saturated carbocycles. The van der Waals surface area contributed by atoms with Crippen LogP contribution in [0.15, 0.2) is 24.5 Å². The maximum atomic E-state index is 5.35. The van der Waals surface area contributed by atoms with Crippen LogP contribution in [-0.2, 0) is 6.54 Å². The van der Waals surface area contributed by atoms with Crippen LogP contribution < -0.4 is 4.74 Å². The Morgan fingerprint density at radius 1 is 1.35 bits per heavy atom. The number of nitrogens with one attached hydrogen (secondary N) is 1. The van der Waals surface area contributed by atoms with Crippen LogP contribution in [0.4, 0.5) is 0 Å². The van der Waals surface area contributed by atoms with Gasteiger partial charge in [0.2, 0.25) is 5.88 Å². The molecule has 0 saturated heterocycles. The van der Waals surface area contributed by atoms with Crippen LogP contribution in [-0.4, -0.2) is 31.6 Å². The van der Waals surface area contributed by atoms with Crippen molar-refractivity contribution in [1.29, 1.82) is 0 Å². The predicted molar refractivity (Wildman–Crippen MR) is 77.3 cm³/mol. The van der Waals surface area contributed by atoms with Crippen molar-refractivity contribution in [3.8, 4) is 5.88 Å². The van der Waals surface area contributed by atoms with E-state index in [4.69, 9.17) is 17.0 Å². The van der Waals surface area contributed by atoms with Crippen LogP contribution in [0.5, 0.6) is 5.88 Å². The molecule has 6 nitrogen and oxygen atoms in total. The van der Waals surface area contributed by atoms with Gasteiger partial charge in [-0.15, -0.1) is 0 Å². The summed E-state index contributed by atoms with van der Waals surface area (Å²) in [5.41, 5.74) is 3.32. The van der Waals surface area contributed by atoms with E-state index in [2.05, 4.69) is 19.9 Å². The van der Waals surface area contributed by atoms with E-state index in [1.165, 1.54) is 6.33 Å². The Morgan fingerprint density at radius 2 is 2.20 bits per heavy atom. The van der Waals surface area contributed by atoms with Gasteiger partial charge in [0.1, 0.15) is 11.8 Å². The quantitative estimate of drug-likeness (QED) is 0.748. The van der Waals surface area contributed by atoms with E-state index in [1.807, 2.05) is 29.7 Å². The van der Waals surface area contributed by atoms with E-state index in [9.17, 15) is 0 Å². The zero-order valence-corrected chi connectivity index (χ0v) is 11.9. The molecule has 3 rings (SSSR count). The number of rotatable bonds is 3. The first kappa shape index (κ1) is 12.7. The molecule has 0 aliphatic rings. The molecule has 0 aromatic carbocycles. The number of ether oxygens (including phenoxy) is 1. The highest BCUT2D eigenvalue weighted by Crippen LogP contribution is 2.20. The van der Waals surface area contributed by atoms with Gasteiger partial charge in [-0.2, -0.15) is 4.98 Å². The minimum atomic E-state index is 0.483. The Balaban J connectivity index is 2.12. The summed E-state index contributed by atoms with van der Waals surface area (Å²) in [5.74, 6) is 0.483. The first-order valence-electron chi connectivity index (χ1n) is 6.09. The summed E-state index contributed by atoms with van der Waals surface area (Å²) in [5, 5.41) is 0. The lowest BCUT2D eigenvalue weighted by atomic mass is 10.3. The van der Waals surface area contributed by atoms with E-state index in [0.717, 1.165) is 11.4 Å². The second kappa shape index (κ2) is 5.01. The average Bonchev–Trinajstić information content (AvgIpc) is 2.75. The maximum Gasteiger partial charge on any atom is 0.242 e. The van der Waals surface area contributed by atoms with Gasteiger partial charge < -0.3 is 9.72 Å². The van der Waals surface area contributed by atoms with E-state index in [-0.39, 0.29) is 0 Å². The van der Waals surface area contributed by atoms with E-state index in [1.54, 1.807) is 7.11 Å². The summed E-state index contributed by atoms with van der Waals surface area (Å²) in [6, 6.07) is 5.90. The minimum absolute atomic E-state index is 0.483. The summed E-state index contributed by atoms with van der Waals surface area (Å²) in [6.45, 7) is 2.52. The Bertz CT molecular complexity index is 823. The topological polar surface area (TPSA) is 68.6 Å². The fourth-order valence-corrected chi connectivity index (χ4v) is 2.35. The van der Waals surface area contributed by atoms with Crippen molar-refractivity contribution >= 4 is 23.4 Å². The molecule has 0 amide bonds. The monoisotopic (exact) mass is 287 g/mol. The fraction of sp³-hybridized carbons (Fsp3) is 0.231. The van der Waals surface area contributed by atoms with Gasteiger partial charge in [-0.25, -0.2) is 4.98 Å². The van der Waals surface area contributed by atoms with Gasteiger partial charge in [0.25, 0.3) is 0 Å². The maximum absolute atomic E-state index is 5.35. The zero-order valence-electron chi connectivity index (χ0n) is 11.1. The van der Waals surface area contributed by atoms with Crippen LogP contribution >= 0.6 is 12.2 Å². The van der Waals surface area contributed by atoms with Gasteiger partial charge in [0.15, 0.2) is 10.4 Å². The Hall–Kier alpha value is -2.28. The highest BCUT2D eigenvalue weighted by Gasteiger charge is 2.12. The molecule has 7 heteroatoms. The Kier molecular flexibility index (Phi) is 3.19. The molecule has 0 spiro atoms. The summed E-state index contributed by atoms with van der Waals surface area (Å²) < 4.78 is 7.66. The number of aromatic amines is 1. The smallest absolute Gasteiger partial charge is 0.242 e. The summed E-state index contributed by atoms with van der Waals surface area (Å²) in [7, 11) is 1.57. The molecule has 0 atom stereocenters. The molecular weight excluding hydrogens is 274 g/mol. The molecule has 0 unspecified atom stereocenters. The van der Waals surface area contributed by atoms with Crippen molar-refractivity contribution in [2.24, 2.45) is 0 Å². The number of aromatic nitrogens is 5. The molecule has 0 aliphatic heterocycles. The van der Waals surface area contributed by atoms with Gasteiger partial charge in [-0.3, -0.25) is 9.55 Å². The lowest BCUT2D eigenvalue weighted by Crippen LogP contribution is -2.03. The van der Waals surface area contributed by atoms with E-state index in [0.29, 0.717) is 28.4 Å². The largest absolute Gasteiger partial charge is 0.479 e. The number of fused-ring (bicyclic) bond motifs is 1. The number of imidazole rings is 1. The zero-order chi connectivity index (χ0) is 14.1. The fourth-order valence-electron chi connectivity index (χ4n) is 2.10. The number of H-pyrrole nitrogens is 1. The van der Waals surface area contributed by atoms with Crippen LogP contribution in [0, 0.1) is 11.7 Å². The highest BCUT2D eigenvalue weighted by molar-refractivity contribution is 7.71. The second-order valence-electron chi connectivity index (χ2n) is 4.37. The lowest BCUT2D eigenvalue weighted by molar-refractivity contribution is 0.401. The molecule has 0 fully saturated rings. The number of pyridine rings is 1. The molecule has 3 aromatic rings. The number of hydrogen-bond donors (Lipinski definition) is 1. The molecule has 3 heterocycles. The van der Waals surface area contributed by atoms with Crippen molar-refractivity contribution in [2.45, 2.75) is 13.5 Å². The molecule has 0 bridgehead atoms. The number of methoxy groups -OCH3 is 1. The van der Waals surface area contributed by atoms with Crippen molar-refractivity contribution < 1.29 is 4.74 Å². The predicted octanol–water partition coefficient (Wildman–Crippen LogP) is 2.25. The van der Waals surface area contributed by atoms with Crippen molar-refractivity contribution in [3.05, 3.63) is 40.7 Å². The number of aryl methyl sites for hydroxylation is 1. The average molecular weight is 287 g/mol.